The predicted molar refractivity (Wildman–Crippen MR) is 125 cm³/mol. The topological polar surface area (TPSA) is 94.9 Å². The molecule has 0 aliphatic carbocycles. The minimum absolute atomic E-state index is 0.205. The summed E-state index contributed by atoms with van der Waals surface area (Å²) in [5.74, 6) is -0.461. The molecule has 0 bridgehead atoms. The van der Waals surface area contributed by atoms with Gasteiger partial charge in [0.25, 0.3) is 5.91 Å². The van der Waals surface area contributed by atoms with Gasteiger partial charge in [0.1, 0.15) is 5.82 Å². The summed E-state index contributed by atoms with van der Waals surface area (Å²) in [4.78, 5) is 17.2. The van der Waals surface area contributed by atoms with Gasteiger partial charge in [0.15, 0.2) is 17.2 Å². The fourth-order valence-electron chi connectivity index (χ4n) is 3.75. The Balaban J connectivity index is 1.37. The Hall–Kier alpha value is -4.05. The summed E-state index contributed by atoms with van der Waals surface area (Å²) in [6.45, 7) is 5.11. The van der Waals surface area contributed by atoms with Crippen molar-refractivity contribution < 1.29 is 9.18 Å². The second-order valence-electron chi connectivity index (χ2n) is 7.68. The number of aryl methyl sites for hydroxylation is 1. The molecule has 0 atom stereocenters. The molecule has 1 aromatic carbocycles. The van der Waals surface area contributed by atoms with Crippen LogP contribution < -0.4 is 5.32 Å². The third kappa shape index (κ3) is 4.03. The molecule has 9 nitrogen and oxygen atoms in total. The molecule has 0 aliphatic heterocycles. The maximum Gasteiger partial charge on any atom is 0.277 e. The molecule has 5 rings (SSSR count). The van der Waals surface area contributed by atoms with Crippen molar-refractivity contribution in [2.45, 2.75) is 26.9 Å². The highest BCUT2D eigenvalue weighted by atomic mass is 35.5. The number of halogens is 2. The van der Waals surface area contributed by atoms with Crippen LogP contribution >= 0.6 is 11.6 Å². The number of fused-ring (bicyclic) bond motifs is 1. The third-order valence-corrected chi connectivity index (χ3v) is 5.85. The van der Waals surface area contributed by atoms with E-state index < -0.39 is 11.7 Å². The minimum atomic E-state index is -0.414. The molecular formula is C23H20ClFN8O. The molecule has 0 unspecified atom stereocenters. The highest BCUT2D eigenvalue weighted by Gasteiger charge is 2.17. The maximum absolute atomic E-state index is 13.3. The highest BCUT2D eigenvalue weighted by Crippen LogP contribution is 2.24. The van der Waals surface area contributed by atoms with Crippen LogP contribution in [0.25, 0.3) is 16.9 Å². The molecule has 1 amide bonds. The molecule has 172 valence electrons. The van der Waals surface area contributed by atoms with Gasteiger partial charge in [-0.25, -0.2) is 13.9 Å². The molecular weight excluding hydrogens is 459 g/mol. The number of hydrogen-bond donors (Lipinski definition) is 1. The molecule has 4 heterocycles. The van der Waals surface area contributed by atoms with Gasteiger partial charge in [-0.15, -0.1) is 0 Å². The molecule has 0 saturated heterocycles. The number of hydrogen-bond acceptors (Lipinski definition) is 5. The molecule has 0 saturated carbocycles. The van der Waals surface area contributed by atoms with E-state index in [1.54, 1.807) is 46.0 Å². The highest BCUT2D eigenvalue weighted by molar-refractivity contribution is 6.31. The van der Waals surface area contributed by atoms with Crippen molar-refractivity contribution in [2.24, 2.45) is 0 Å². The van der Waals surface area contributed by atoms with Crippen LogP contribution in [0.1, 0.15) is 28.7 Å². The molecule has 1 N–H and O–H groups in total. The van der Waals surface area contributed by atoms with Crippen molar-refractivity contribution in [1.29, 1.82) is 0 Å². The molecule has 0 spiro atoms. The van der Waals surface area contributed by atoms with Crippen LogP contribution in [-0.4, -0.2) is 40.1 Å². The number of anilines is 1. The van der Waals surface area contributed by atoms with Crippen LogP contribution in [-0.2, 0) is 13.1 Å². The molecule has 11 heteroatoms. The lowest BCUT2D eigenvalue weighted by atomic mass is 10.2. The Labute approximate surface area is 198 Å². The number of carbonyl (C=O) groups is 1. The molecule has 34 heavy (non-hydrogen) atoms. The molecule has 0 fully saturated rings. The number of carbonyl (C=O) groups excluding carboxylic acids is 1. The smallest absolute Gasteiger partial charge is 0.277 e. The normalized spacial score (nSPS) is 11.3. The largest absolute Gasteiger partial charge is 0.304 e. The van der Waals surface area contributed by atoms with Crippen molar-refractivity contribution in [3.05, 3.63) is 82.8 Å². The van der Waals surface area contributed by atoms with E-state index in [4.69, 9.17) is 11.6 Å². The Bertz CT molecular complexity index is 1520. The van der Waals surface area contributed by atoms with Crippen molar-refractivity contribution in [3.63, 3.8) is 0 Å². The lowest BCUT2D eigenvalue weighted by Gasteiger charge is -2.05. The minimum Gasteiger partial charge on any atom is -0.304 e. The quantitative estimate of drug-likeness (QED) is 0.394. The van der Waals surface area contributed by atoms with E-state index in [2.05, 4.69) is 25.6 Å². The fraction of sp³-hybridized carbons (Fsp3) is 0.174. The van der Waals surface area contributed by atoms with Crippen molar-refractivity contribution in [2.75, 3.05) is 5.32 Å². The Morgan fingerprint density at radius 3 is 2.79 bits per heavy atom. The van der Waals surface area contributed by atoms with Crippen LogP contribution in [0.4, 0.5) is 10.2 Å². The van der Waals surface area contributed by atoms with Gasteiger partial charge in [-0.05, 0) is 37.6 Å². The summed E-state index contributed by atoms with van der Waals surface area (Å²) >= 11 is 6.09. The van der Waals surface area contributed by atoms with E-state index in [1.165, 1.54) is 12.1 Å². The van der Waals surface area contributed by atoms with Gasteiger partial charge in [-0.2, -0.15) is 15.3 Å². The monoisotopic (exact) mass is 478 g/mol. The molecule has 5 aromatic rings. The Morgan fingerprint density at radius 1 is 1.18 bits per heavy atom. The predicted octanol–water partition coefficient (Wildman–Crippen LogP) is 4.21. The number of nitrogens with zero attached hydrogens (tertiary/aromatic N) is 7. The summed E-state index contributed by atoms with van der Waals surface area (Å²) in [5.41, 5.74) is 4.18. The summed E-state index contributed by atoms with van der Waals surface area (Å²) in [6, 6.07) is 9.32. The Morgan fingerprint density at radius 2 is 2.03 bits per heavy atom. The first kappa shape index (κ1) is 21.8. The van der Waals surface area contributed by atoms with Crippen LogP contribution in [0.15, 0.2) is 55.0 Å². The Kier molecular flexibility index (Phi) is 5.58. The zero-order chi connectivity index (χ0) is 23.8. The second-order valence-corrected chi connectivity index (χ2v) is 8.08. The van der Waals surface area contributed by atoms with Crippen molar-refractivity contribution >= 4 is 29.0 Å². The summed E-state index contributed by atoms with van der Waals surface area (Å²) < 4.78 is 18.4. The maximum atomic E-state index is 13.3. The van der Waals surface area contributed by atoms with Gasteiger partial charge in [0, 0.05) is 47.4 Å². The van der Waals surface area contributed by atoms with E-state index in [0.29, 0.717) is 28.6 Å². The van der Waals surface area contributed by atoms with Gasteiger partial charge in [0.05, 0.1) is 18.4 Å². The zero-order valence-electron chi connectivity index (χ0n) is 18.4. The van der Waals surface area contributed by atoms with Crippen LogP contribution in [0, 0.1) is 12.7 Å². The van der Waals surface area contributed by atoms with Gasteiger partial charge < -0.3 is 5.32 Å². The molecule has 0 aliphatic rings. The lowest BCUT2D eigenvalue weighted by molar-refractivity contribution is 0.102. The lowest BCUT2D eigenvalue weighted by Crippen LogP contribution is -2.14. The first-order valence-corrected chi connectivity index (χ1v) is 11.0. The van der Waals surface area contributed by atoms with Gasteiger partial charge in [0.2, 0.25) is 0 Å². The number of aromatic nitrogens is 7. The second kappa shape index (κ2) is 8.71. The van der Waals surface area contributed by atoms with Crippen LogP contribution in [0.3, 0.4) is 0 Å². The fourth-order valence-corrected chi connectivity index (χ4v) is 3.98. The summed E-state index contributed by atoms with van der Waals surface area (Å²) in [6.07, 6.45) is 5.17. The van der Waals surface area contributed by atoms with Gasteiger partial charge in [-0.3, -0.25) is 14.2 Å². The average molecular weight is 479 g/mol. The number of benzene rings is 1. The summed E-state index contributed by atoms with van der Waals surface area (Å²) in [7, 11) is 0. The zero-order valence-corrected chi connectivity index (χ0v) is 19.2. The average Bonchev–Trinajstić information content (AvgIpc) is 3.53. The van der Waals surface area contributed by atoms with Crippen LogP contribution in [0.5, 0.6) is 0 Å². The van der Waals surface area contributed by atoms with E-state index in [0.717, 1.165) is 23.5 Å². The van der Waals surface area contributed by atoms with E-state index >= 15 is 0 Å². The van der Waals surface area contributed by atoms with Gasteiger partial charge in [-0.1, -0.05) is 17.7 Å². The van der Waals surface area contributed by atoms with E-state index in [-0.39, 0.29) is 5.69 Å². The number of rotatable bonds is 6. The number of nitrogens with one attached hydrogen (secondary N) is 1. The third-order valence-electron chi connectivity index (χ3n) is 5.50. The van der Waals surface area contributed by atoms with Crippen LogP contribution in [0.2, 0.25) is 5.02 Å². The standard InChI is InChI=1S/C23H20ClFN8O/c1-3-32-14(2)17(12-27-32)20-6-8-26-22-11-19(29-33(20)22)23(34)28-21-7-9-31(30-21)13-15-4-5-16(25)10-18(15)24/h4-12H,3,13H2,1-2H3,(H,28,30,34). The summed E-state index contributed by atoms with van der Waals surface area (Å²) in [5, 5.41) is 16.3. The molecule has 0 radical (unpaired) electrons. The first-order chi connectivity index (χ1) is 16.4. The number of amides is 1. The van der Waals surface area contributed by atoms with Gasteiger partial charge >= 0.3 is 0 Å². The molecule has 4 aromatic heterocycles. The SMILES string of the molecule is CCn1ncc(-c2ccnc3cc(C(=O)Nc4ccn(Cc5ccc(F)cc5Cl)n4)nn23)c1C. The van der Waals surface area contributed by atoms with Crippen molar-refractivity contribution in [3.8, 4) is 11.3 Å². The first-order valence-electron chi connectivity index (χ1n) is 10.6. The van der Waals surface area contributed by atoms with E-state index in [9.17, 15) is 9.18 Å². The van der Waals surface area contributed by atoms with Crippen molar-refractivity contribution in [1.82, 2.24) is 34.2 Å². The van der Waals surface area contributed by atoms with E-state index in [1.807, 2.05) is 24.6 Å².